The fourth-order valence-corrected chi connectivity index (χ4v) is 4.75. The van der Waals surface area contributed by atoms with Gasteiger partial charge in [-0.3, -0.25) is 19.1 Å². The third-order valence-corrected chi connectivity index (χ3v) is 5.95. The topological polar surface area (TPSA) is 114 Å². The molecular formula is C18H22F3N3O4. The molecule has 0 radical (unpaired) electrons. The fraction of sp³-hybridized carbons (Fsp3) is 0.611. The first-order chi connectivity index (χ1) is 13.1. The number of hydrogen-bond donors (Lipinski definition) is 3. The van der Waals surface area contributed by atoms with E-state index in [-0.39, 0.29) is 23.8 Å². The molecule has 2 heterocycles. The highest BCUT2D eigenvalue weighted by atomic mass is 19.4. The second-order valence-electron chi connectivity index (χ2n) is 7.39. The molecule has 0 bridgehead atoms. The number of ether oxygens (including phenoxy) is 1. The van der Waals surface area contributed by atoms with Crippen LogP contribution in [0, 0.1) is 17.8 Å². The molecule has 4 atom stereocenters. The normalized spacial score (nSPS) is 28.1. The Labute approximate surface area is 158 Å². The molecule has 3 unspecified atom stereocenters. The van der Waals surface area contributed by atoms with Gasteiger partial charge in [-0.25, -0.2) is 0 Å². The number of Topliss-reactive ketones (excluding diaryl/α,β-unsaturated/α-hetero) is 1. The highest BCUT2D eigenvalue weighted by Crippen LogP contribution is 2.47. The van der Waals surface area contributed by atoms with E-state index in [1.165, 1.54) is 12.3 Å². The summed E-state index contributed by atoms with van der Waals surface area (Å²) < 4.78 is 41.2. The van der Waals surface area contributed by atoms with Crippen molar-refractivity contribution in [3.63, 3.8) is 0 Å². The van der Waals surface area contributed by atoms with Crippen molar-refractivity contribution < 1.29 is 27.5 Å². The van der Waals surface area contributed by atoms with E-state index in [9.17, 15) is 27.6 Å². The van der Waals surface area contributed by atoms with Crippen LogP contribution in [-0.4, -0.2) is 41.7 Å². The standard InChI is InChI=1S/C18H22F3N3O4/c19-18(20,21)28-9-14(25)13(7-10-4-2-6-23-15(10)26)17(16(22)27)12-5-1-3-11(12)8-24-17/h2,4,6,11-13,24H,1,3,5,7-9H2,(H2,22,27)(H,23,26)/t11?,12?,13-,17?/m1/s1. The number of carbonyl (C=O) groups is 2. The van der Waals surface area contributed by atoms with Gasteiger partial charge in [-0.2, -0.15) is 0 Å². The van der Waals surface area contributed by atoms with E-state index >= 15 is 0 Å². The number of fused-ring (bicyclic) bond motifs is 1. The monoisotopic (exact) mass is 401 g/mol. The number of halogens is 3. The molecule has 2 fully saturated rings. The van der Waals surface area contributed by atoms with Crippen molar-refractivity contribution in [1.82, 2.24) is 10.3 Å². The van der Waals surface area contributed by atoms with Crippen LogP contribution >= 0.6 is 0 Å². The molecule has 2 aliphatic rings. The Balaban J connectivity index is 1.99. The maximum absolute atomic E-state index is 12.8. The third-order valence-electron chi connectivity index (χ3n) is 5.95. The van der Waals surface area contributed by atoms with Crippen LogP contribution in [0.3, 0.4) is 0 Å². The molecule has 28 heavy (non-hydrogen) atoms. The summed E-state index contributed by atoms with van der Waals surface area (Å²) in [4.78, 5) is 39.9. The van der Waals surface area contributed by atoms with E-state index in [4.69, 9.17) is 5.73 Å². The summed E-state index contributed by atoms with van der Waals surface area (Å²) in [5, 5.41) is 3.05. The maximum Gasteiger partial charge on any atom is 0.522 e. The van der Waals surface area contributed by atoms with Crippen LogP contribution in [0.4, 0.5) is 13.2 Å². The molecule has 7 nitrogen and oxygen atoms in total. The number of nitrogens with two attached hydrogens (primary N) is 1. The number of alkyl halides is 3. The maximum atomic E-state index is 12.8. The van der Waals surface area contributed by atoms with Crippen LogP contribution in [0.15, 0.2) is 23.1 Å². The van der Waals surface area contributed by atoms with Crippen molar-refractivity contribution in [1.29, 1.82) is 0 Å². The van der Waals surface area contributed by atoms with Gasteiger partial charge < -0.3 is 16.0 Å². The Morgan fingerprint density at radius 1 is 1.36 bits per heavy atom. The SMILES string of the molecule is NC(=O)C1([C@H](Cc2ccc[nH]c2=O)C(=O)COC(F)(F)F)NCC2CCCC21. The van der Waals surface area contributed by atoms with Crippen molar-refractivity contribution in [3.8, 4) is 0 Å². The molecule has 1 aromatic rings. The Bertz CT molecular complexity index is 810. The summed E-state index contributed by atoms with van der Waals surface area (Å²) in [5.74, 6) is -3.11. The predicted octanol–water partition coefficient (Wildman–Crippen LogP) is 0.883. The van der Waals surface area contributed by atoms with Gasteiger partial charge in [-0.05, 0) is 43.7 Å². The Hall–Kier alpha value is -2.20. The average Bonchev–Trinajstić information content (AvgIpc) is 3.21. The first-order valence-electron chi connectivity index (χ1n) is 9.10. The number of aromatic amines is 1. The van der Waals surface area contributed by atoms with Crippen LogP contribution in [0.2, 0.25) is 0 Å². The minimum atomic E-state index is -4.98. The molecule has 154 valence electrons. The van der Waals surface area contributed by atoms with Crippen LogP contribution in [-0.2, 0) is 20.7 Å². The van der Waals surface area contributed by atoms with E-state index in [0.717, 1.165) is 12.8 Å². The number of nitrogens with one attached hydrogen (secondary N) is 2. The second kappa shape index (κ2) is 7.67. The van der Waals surface area contributed by atoms with Gasteiger partial charge in [0, 0.05) is 11.8 Å². The molecular weight excluding hydrogens is 379 g/mol. The molecule has 1 saturated heterocycles. The van der Waals surface area contributed by atoms with E-state index in [1.54, 1.807) is 6.07 Å². The quantitative estimate of drug-likeness (QED) is 0.628. The minimum absolute atomic E-state index is 0.111. The highest BCUT2D eigenvalue weighted by Gasteiger charge is 2.59. The van der Waals surface area contributed by atoms with Gasteiger partial charge in [0.25, 0.3) is 5.56 Å². The molecule has 1 saturated carbocycles. The number of primary amides is 1. The third kappa shape index (κ3) is 3.83. The first kappa shape index (κ1) is 20.5. The number of ketones is 1. The Morgan fingerprint density at radius 3 is 2.75 bits per heavy atom. The molecule has 10 heteroatoms. The van der Waals surface area contributed by atoms with E-state index < -0.39 is 41.7 Å². The van der Waals surface area contributed by atoms with Gasteiger partial charge >= 0.3 is 6.36 Å². The molecule has 0 aromatic carbocycles. The fourth-order valence-electron chi connectivity index (χ4n) is 4.75. The number of carbonyl (C=O) groups excluding carboxylic acids is 2. The van der Waals surface area contributed by atoms with Crippen molar-refractivity contribution in [3.05, 3.63) is 34.2 Å². The lowest BCUT2D eigenvalue weighted by Crippen LogP contribution is -2.63. The molecule has 4 N–H and O–H groups in total. The van der Waals surface area contributed by atoms with Crippen LogP contribution in [0.25, 0.3) is 0 Å². The Morgan fingerprint density at radius 2 is 2.11 bits per heavy atom. The van der Waals surface area contributed by atoms with Gasteiger partial charge in [0.15, 0.2) is 5.78 Å². The van der Waals surface area contributed by atoms with E-state index in [0.29, 0.717) is 13.0 Å². The van der Waals surface area contributed by atoms with Crippen molar-refractivity contribution in [2.45, 2.75) is 37.6 Å². The number of rotatable bonds is 7. The number of amides is 1. The summed E-state index contributed by atoms with van der Waals surface area (Å²) in [6, 6.07) is 3.02. The summed E-state index contributed by atoms with van der Waals surface area (Å²) in [5.41, 5.74) is 3.91. The molecule has 1 aromatic heterocycles. The Kier molecular flexibility index (Phi) is 5.62. The van der Waals surface area contributed by atoms with Crippen molar-refractivity contribution in [2.75, 3.05) is 13.2 Å². The second-order valence-corrected chi connectivity index (χ2v) is 7.39. The van der Waals surface area contributed by atoms with Gasteiger partial charge in [-0.1, -0.05) is 12.5 Å². The number of H-pyrrole nitrogens is 1. The predicted molar refractivity (Wildman–Crippen MR) is 92.0 cm³/mol. The summed E-state index contributed by atoms with van der Waals surface area (Å²) in [6.45, 7) is -0.796. The zero-order chi connectivity index (χ0) is 20.5. The van der Waals surface area contributed by atoms with Gasteiger partial charge in [-0.15, -0.1) is 13.2 Å². The van der Waals surface area contributed by atoms with Crippen molar-refractivity contribution in [2.24, 2.45) is 23.5 Å². The summed E-state index contributed by atoms with van der Waals surface area (Å²) >= 11 is 0. The molecule has 1 aliphatic carbocycles. The smallest absolute Gasteiger partial charge is 0.368 e. The zero-order valence-corrected chi connectivity index (χ0v) is 15.1. The van der Waals surface area contributed by atoms with Crippen LogP contribution in [0.1, 0.15) is 24.8 Å². The van der Waals surface area contributed by atoms with Gasteiger partial charge in [0.2, 0.25) is 5.91 Å². The van der Waals surface area contributed by atoms with Gasteiger partial charge in [0.05, 0.1) is 5.92 Å². The zero-order valence-electron chi connectivity index (χ0n) is 15.1. The lowest BCUT2D eigenvalue weighted by molar-refractivity contribution is -0.321. The van der Waals surface area contributed by atoms with Crippen LogP contribution in [0.5, 0.6) is 0 Å². The largest absolute Gasteiger partial charge is 0.522 e. The molecule has 1 amide bonds. The number of hydrogen-bond acceptors (Lipinski definition) is 5. The summed E-state index contributed by atoms with van der Waals surface area (Å²) in [6.07, 6.45) is -1.47. The van der Waals surface area contributed by atoms with Crippen LogP contribution < -0.4 is 16.6 Å². The van der Waals surface area contributed by atoms with E-state index in [1.807, 2.05) is 0 Å². The lowest BCUT2D eigenvalue weighted by atomic mass is 9.68. The first-order valence-corrected chi connectivity index (χ1v) is 9.10. The van der Waals surface area contributed by atoms with Gasteiger partial charge in [0.1, 0.15) is 12.1 Å². The molecule has 3 rings (SSSR count). The van der Waals surface area contributed by atoms with Crippen molar-refractivity contribution >= 4 is 11.7 Å². The lowest BCUT2D eigenvalue weighted by Gasteiger charge is -2.39. The molecule has 1 aliphatic heterocycles. The number of pyridine rings is 1. The highest BCUT2D eigenvalue weighted by molar-refractivity contribution is 5.95. The van der Waals surface area contributed by atoms with E-state index in [2.05, 4.69) is 15.0 Å². The average molecular weight is 401 g/mol. The minimum Gasteiger partial charge on any atom is -0.368 e. The summed E-state index contributed by atoms with van der Waals surface area (Å²) in [7, 11) is 0. The number of aromatic nitrogens is 1. The molecule has 0 spiro atoms.